The summed E-state index contributed by atoms with van der Waals surface area (Å²) in [5.41, 5.74) is -1.30. The summed E-state index contributed by atoms with van der Waals surface area (Å²) in [5, 5.41) is 2.23. The van der Waals surface area contributed by atoms with Crippen molar-refractivity contribution < 1.29 is 4.54 Å². The molecule has 0 unspecified atom stereocenters. The zero-order chi connectivity index (χ0) is 11.2. The summed E-state index contributed by atoms with van der Waals surface area (Å²) in [7, 11) is 2.73. The Morgan fingerprint density at radius 3 is 2.67 bits per heavy atom. The van der Waals surface area contributed by atoms with Crippen LogP contribution in [0.2, 0.25) is 0 Å². The van der Waals surface area contributed by atoms with Crippen LogP contribution in [0.25, 0.3) is 11.2 Å². The van der Waals surface area contributed by atoms with E-state index in [0.29, 0.717) is 4.54 Å². The van der Waals surface area contributed by atoms with Gasteiger partial charge in [0.15, 0.2) is 0 Å². The van der Waals surface area contributed by atoms with Crippen molar-refractivity contribution in [1.29, 1.82) is 0 Å². The first kappa shape index (κ1) is 9.31. The molecule has 1 N–H and O–H groups in total. The van der Waals surface area contributed by atoms with Gasteiger partial charge in [-0.1, -0.05) is 0 Å². The summed E-state index contributed by atoms with van der Waals surface area (Å²) < 4.78 is 2.29. The molecule has 78 valence electrons. The quantitative estimate of drug-likeness (QED) is 0.502. The molecule has 2 aromatic heterocycles. The van der Waals surface area contributed by atoms with E-state index in [2.05, 4.69) is 10.1 Å². The molecule has 2 aromatic rings. The molecular weight excluding hydrogens is 202 g/mol. The lowest BCUT2D eigenvalue weighted by Crippen LogP contribution is -2.41. The monoisotopic (exact) mass is 210 g/mol. The minimum absolute atomic E-state index is 0.0478. The second kappa shape index (κ2) is 2.87. The normalized spacial score (nSPS) is 10.8. The van der Waals surface area contributed by atoms with Crippen LogP contribution in [0, 0.1) is 4.91 Å². The molecule has 0 aliphatic heterocycles. The Labute approximate surface area is 82.0 Å². The molecule has 15 heavy (non-hydrogen) atoms. The lowest BCUT2D eigenvalue weighted by Gasteiger charge is -1.97. The molecule has 0 amide bonds. The molecule has 2 rings (SSSR count). The maximum absolute atomic E-state index is 11.6. The smallest absolute Gasteiger partial charge is 0.266 e. The van der Waals surface area contributed by atoms with Crippen molar-refractivity contribution in [2.45, 2.75) is 0 Å². The van der Waals surface area contributed by atoms with Gasteiger partial charge >= 0.3 is 11.3 Å². The van der Waals surface area contributed by atoms with E-state index in [0.717, 1.165) is 15.5 Å². The van der Waals surface area contributed by atoms with Gasteiger partial charge in [0, 0.05) is 7.05 Å². The van der Waals surface area contributed by atoms with Gasteiger partial charge in [0.25, 0.3) is 5.56 Å². The molecule has 0 aliphatic carbocycles. The summed E-state index contributed by atoms with van der Waals surface area (Å²) in [4.78, 5) is 38.1. The molecular formula is C7H8N5O3+. The lowest BCUT2D eigenvalue weighted by molar-refractivity contribution is -0.540. The van der Waals surface area contributed by atoms with Crippen molar-refractivity contribution >= 4 is 11.2 Å². The number of hydrogen-bond acceptors (Lipinski definition) is 4. The number of rotatable bonds is 0. The molecule has 0 bridgehead atoms. The Kier molecular flexibility index (Phi) is 1.78. The fourth-order valence-corrected chi connectivity index (χ4v) is 1.37. The van der Waals surface area contributed by atoms with E-state index >= 15 is 0 Å². The van der Waals surface area contributed by atoms with Crippen LogP contribution in [0.4, 0.5) is 0 Å². The van der Waals surface area contributed by atoms with E-state index in [1.807, 2.05) is 0 Å². The summed E-state index contributed by atoms with van der Waals surface area (Å²) in [6.07, 6.45) is 1.10. The average molecular weight is 210 g/mol. The van der Waals surface area contributed by atoms with Crippen molar-refractivity contribution in [3.8, 4) is 0 Å². The zero-order valence-electron chi connectivity index (χ0n) is 8.09. The van der Waals surface area contributed by atoms with Gasteiger partial charge in [-0.25, -0.2) is 14.3 Å². The molecule has 8 nitrogen and oxygen atoms in total. The average Bonchev–Trinajstić information content (AvgIpc) is 2.23. The van der Waals surface area contributed by atoms with Gasteiger partial charge in [0.05, 0.1) is 11.6 Å². The predicted molar refractivity (Wildman–Crippen MR) is 49.9 cm³/mol. The Hall–Kier alpha value is -2.25. The Morgan fingerprint density at radius 1 is 1.33 bits per heavy atom. The molecule has 0 atom stereocenters. The number of aromatic nitrogens is 5. The molecule has 0 spiro atoms. The number of aryl methyl sites for hydroxylation is 1. The molecule has 2 heterocycles. The Bertz CT molecular complexity index is 707. The second-order valence-electron chi connectivity index (χ2n) is 3.06. The molecule has 0 aromatic carbocycles. The maximum atomic E-state index is 11.6. The molecule has 0 fully saturated rings. The predicted octanol–water partition coefficient (Wildman–Crippen LogP) is -2.13. The fourth-order valence-electron chi connectivity index (χ4n) is 1.37. The largest absolute Gasteiger partial charge is 0.418 e. The van der Waals surface area contributed by atoms with Gasteiger partial charge in [0.1, 0.15) is 6.33 Å². The summed E-state index contributed by atoms with van der Waals surface area (Å²) >= 11 is 0. The van der Waals surface area contributed by atoms with Gasteiger partial charge in [-0.05, 0) is 4.91 Å². The summed E-state index contributed by atoms with van der Waals surface area (Å²) in [6.45, 7) is 0. The Morgan fingerprint density at radius 2 is 2.00 bits per heavy atom. The highest BCUT2D eigenvalue weighted by Gasteiger charge is 2.19. The zero-order valence-corrected chi connectivity index (χ0v) is 8.09. The summed E-state index contributed by atoms with van der Waals surface area (Å²) in [6, 6.07) is 0. The van der Waals surface area contributed by atoms with Crippen molar-refractivity contribution in [3.63, 3.8) is 0 Å². The molecule has 0 saturated heterocycles. The molecule has 0 radical (unpaired) electrons. The first-order chi connectivity index (χ1) is 7.04. The van der Waals surface area contributed by atoms with Crippen LogP contribution < -0.4 is 15.8 Å². The number of H-pyrrole nitrogens is 1. The minimum Gasteiger partial charge on any atom is -0.266 e. The lowest BCUT2D eigenvalue weighted by atomic mass is 10.5. The van der Waals surface area contributed by atoms with Gasteiger partial charge < -0.3 is 0 Å². The number of nitrogens with one attached hydrogen (secondary N) is 1. The van der Waals surface area contributed by atoms with E-state index in [1.54, 1.807) is 0 Å². The fraction of sp³-hybridized carbons (Fsp3) is 0.286. The van der Waals surface area contributed by atoms with Crippen LogP contribution in [0.1, 0.15) is 0 Å². The third-order valence-corrected chi connectivity index (χ3v) is 2.17. The van der Waals surface area contributed by atoms with Gasteiger partial charge in [0.2, 0.25) is 5.52 Å². The summed E-state index contributed by atoms with van der Waals surface area (Å²) in [5.74, 6) is 0. The first-order valence-corrected chi connectivity index (χ1v) is 4.10. The Balaban J connectivity index is 3.31. The van der Waals surface area contributed by atoms with E-state index in [4.69, 9.17) is 0 Å². The van der Waals surface area contributed by atoms with Gasteiger partial charge in [-0.3, -0.25) is 4.79 Å². The molecule has 8 heteroatoms. The van der Waals surface area contributed by atoms with E-state index in [-0.39, 0.29) is 11.2 Å². The molecule has 0 saturated carbocycles. The third-order valence-electron chi connectivity index (χ3n) is 2.17. The maximum Gasteiger partial charge on any atom is 0.418 e. The first-order valence-electron chi connectivity index (χ1n) is 4.10. The van der Waals surface area contributed by atoms with Crippen LogP contribution in [0.15, 0.2) is 15.9 Å². The van der Waals surface area contributed by atoms with E-state index < -0.39 is 11.2 Å². The third kappa shape index (κ3) is 1.11. The van der Waals surface area contributed by atoms with E-state index in [9.17, 15) is 14.5 Å². The number of aromatic amines is 1. The number of nitrogens with zero attached hydrogens (tertiary/aromatic N) is 4. The van der Waals surface area contributed by atoms with Crippen molar-refractivity contribution in [1.82, 2.24) is 19.2 Å². The minimum atomic E-state index is -0.591. The van der Waals surface area contributed by atoms with Crippen molar-refractivity contribution in [3.05, 3.63) is 32.1 Å². The van der Waals surface area contributed by atoms with Crippen LogP contribution >= 0.6 is 0 Å². The highest BCUT2D eigenvalue weighted by molar-refractivity contribution is 5.64. The second-order valence-corrected chi connectivity index (χ2v) is 3.06. The highest BCUT2D eigenvalue weighted by Crippen LogP contribution is 1.92. The highest BCUT2D eigenvalue weighted by atomic mass is 16.3. The number of fused-ring (bicyclic) bond motifs is 1. The van der Waals surface area contributed by atoms with Crippen LogP contribution in [-0.2, 0) is 14.1 Å². The van der Waals surface area contributed by atoms with Crippen molar-refractivity contribution in [2.75, 3.05) is 0 Å². The van der Waals surface area contributed by atoms with Crippen LogP contribution in [0.5, 0.6) is 0 Å². The van der Waals surface area contributed by atoms with Crippen LogP contribution in [0.3, 0.4) is 0 Å². The van der Waals surface area contributed by atoms with Crippen molar-refractivity contribution in [2.24, 2.45) is 14.1 Å². The topological polar surface area (TPSA) is 95.7 Å². The van der Waals surface area contributed by atoms with Gasteiger partial charge in [-0.15, -0.1) is 0 Å². The standard InChI is InChI=1S/C7H8N5O3/c1-10-5-4(8-3-9-12(5)15)6(13)11(2)7(10)14/h3H,1-2H3,(H,8,9,15)/q+1. The van der Waals surface area contributed by atoms with Crippen LogP contribution in [-0.4, -0.2) is 19.2 Å². The number of hydrogen-bond donors (Lipinski definition) is 1. The van der Waals surface area contributed by atoms with E-state index in [1.165, 1.54) is 14.1 Å². The SMILES string of the molecule is Cn1c(=O)c2nc[nH][n+](=O)c2n(C)c1=O. The molecule has 0 aliphatic rings. The van der Waals surface area contributed by atoms with Gasteiger partial charge in [-0.2, -0.15) is 9.67 Å².